The van der Waals surface area contributed by atoms with Crippen LogP contribution >= 0.6 is 11.3 Å². The van der Waals surface area contributed by atoms with Crippen molar-refractivity contribution in [1.29, 1.82) is 0 Å². The zero-order valence-electron chi connectivity index (χ0n) is 13.7. The highest BCUT2D eigenvalue weighted by Crippen LogP contribution is 2.22. The average molecular weight is 339 g/mol. The zero-order valence-corrected chi connectivity index (χ0v) is 14.6. The Bertz CT molecular complexity index is 767. The van der Waals surface area contributed by atoms with Crippen LogP contribution in [0, 0.1) is 0 Å². The predicted molar refractivity (Wildman–Crippen MR) is 101 cm³/mol. The summed E-state index contributed by atoms with van der Waals surface area (Å²) < 4.78 is 1.18. The van der Waals surface area contributed by atoms with Crippen molar-refractivity contribution in [2.75, 3.05) is 25.0 Å². The molecule has 0 unspecified atom stereocenters. The third kappa shape index (κ3) is 4.32. The number of aryl methyl sites for hydroxylation is 1. The highest BCUT2D eigenvalue weighted by atomic mass is 32.1. The summed E-state index contributed by atoms with van der Waals surface area (Å²) in [4.78, 5) is 18.7. The molecular formula is C19H21N3OS. The Hall–Kier alpha value is -2.40. The number of rotatable bonds is 7. The Morgan fingerprint density at radius 3 is 2.67 bits per heavy atom. The van der Waals surface area contributed by atoms with Gasteiger partial charge in [0.1, 0.15) is 0 Å². The fourth-order valence-corrected chi connectivity index (χ4v) is 3.48. The lowest BCUT2D eigenvalue weighted by molar-refractivity contribution is -0.120. The monoisotopic (exact) mass is 339 g/mol. The lowest BCUT2D eigenvalue weighted by Crippen LogP contribution is -2.33. The molecule has 3 rings (SSSR count). The number of carbonyl (C=O) groups excluding carboxylic acids is 1. The number of fused-ring (bicyclic) bond motifs is 1. The number of carbonyl (C=O) groups is 1. The van der Waals surface area contributed by atoms with Gasteiger partial charge in [-0.2, -0.15) is 0 Å². The van der Waals surface area contributed by atoms with Gasteiger partial charge in [-0.1, -0.05) is 30.3 Å². The second kappa shape index (κ2) is 7.93. The standard InChI is InChI=1S/C19H21N3OS/c1-22(15-7-3-2-4-8-15)14-13-20-18(23)11-12-19-21-16-9-5-6-10-17(16)24-19/h2-10H,11-14H2,1H3,(H,20,23). The first-order valence-corrected chi connectivity index (χ1v) is 8.91. The van der Waals surface area contributed by atoms with Crippen molar-refractivity contribution in [3.63, 3.8) is 0 Å². The van der Waals surface area contributed by atoms with Crippen LogP contribution in [0.2, 0.25) is 0 Å². The molecule has 0 atom stereocenters. The molecule has 0 radical (unpaired) electrons. The molecular weight excluding hydrogens is 318 g/mol. The van der Waals surface area contributed by atoms with Crippen molar-refractivity contribution in [2.24, 2.45) is 0 Å². The number of anilines is 1. The maximum atomic E-state index is 12.0. The second-order valence-corrected chi connectivity index (χ2v) is 6.80. The van der Waals surface area contributed by atoms with E-state index < -0.39 is 0 Å². The summed E-state index contributed by atoms with van der Waals surface area (Å²) in [6, 6.07) is 18.2. The topological polar surface area (TPSA) is 45.2 Å². The van der Waals surface area contributed by atoms with Crippen molar-refractivity contribution in [3.05, 3.63) is 59.6 Å². The third-order valence-corrected chi connectivity index (χ3v) is 4.97. The van der Waals surface area contributed by atoms with E-state index in [2.05, 4.69) is 33.4 Å². The van der Waals surface area contributed by atoms with Gasteiger partial charge in [-0.3, -0.25) is 4.79 Å². The number of aromatic nitrogens is 1. The number of thiazole rings is 1. The number of benzene rings is 2. The van der Waals surface area contributed by atoms with Crippen molar-refractivity contribution >= 4 is 33.1 Å². The Morgan fingerprint density at radius 2 is 1.88 bits per heavy atom. The van der Waals surface area contributed by atoms with Gasteiger partial charge in [0, 0.05) is 38.7 Å². The summed E-state index contributed by atoms with van der Waals surface area (Å²) >= 11 is 1.67. The van der Waals surface area contributed by atoms with E-state index in [4.69, 9.17) is 0 Å². The quantitative estimate of drug-likeness (QED) is 0.717. The van der Waals surface area contributed by atoms with Crippen LogP contribution in [0.5, 0.6) is 0 Å². The molecule has 0 spiro atoms. The molecule has 0 aliphatic rings. The highest BCUT2D eigenvalue weighted by molar-refractivity contribution is 7.18. The molecule has 0 saturated heterocycles. The Balaban J connectivity index is 1.41. The Morgan fingerprint density at radius 1 is 1.12 bits per heavy atom. The van der Waals surface area contributed by atoms with E-state index in [0.717, 1.165) is 22.8 Å². The number of hydrogen-bond acceptors (Lipinski definition) is 4. The summed E-state index contributed by atoms with van der Waals surface area (Å²) in [5.74, 6) is 0.0794. The first-order valence-electron chi connectivity index (χ1n) is 8.10. The van der Waals surface area contributed by atoms with Gasteiger partial charge in [-0.15, -0.1) is 11.3 Å². The van der Waals surface area contributed by atoms with E-state index in [1.165, 1.54) is 4.70 Å². The minimum atomic E-state index is 0.0794. The summed E-state index contributed by atoms with van der Waals surface area (Å²) in [5.41, 5.74) is 2.17. The van der Waals surface area contributed by atoms with Crippen molar-refractivity contribution < 1.29 is 4.79 Å². The predicted octanol–water partition coefficient (Wildman–Crippen LogP) is 3.48. The molecule has 0 saturated carbocycles. The third-order valence-electron chi connectivity index (χ3n) is 3.87. The van der Waals surface area contributed by atoms with E-state index in [1.807, 2.05) is 43.4 Å². The summed E-state index contributed by atoms with van der Waals surface area (Å²) in [5, 5.41) is 4.00. The average Bonchev–Trinajstić information content (AvgIpc) is 3.03. The normalized spacial score (nSPS) is 10.7. The van der Waals surface area contributed by atoms with E-state index in [-0.39, 0.29) is 5.91 Å². The molecule has 124 valence electrons. The van der Waals surface area contributed by atoms with Gasteiger partial charge in [0.15, 0.2) is 0 Å². The van der Waals surface area contributed by atoms with Crippen molar-refractivity contribution in [3.8, 4) is 0 Å². The van der Waals surface area contributed by atoms with Gasteiger partial charge in [0.2, 0.25) is 5.91 Å². The molecule has 1 aromatic heterocycles. The van der Waals surface area contributed by atoms with Gasteiger partial charge >= 0.3 is 0 Å². The number of hydrogen-bond donors (Lipinski definition) is 1. The van der Waals surface area contributed by atoms with Crippen LogP contribution in [0.4, 0.5) is 5.69 Å². The fourth-order valence-electron chi connectivity index (χ4n) is 2.51. The molecule has 5 heteroatoms. The largest absolute Gasteiger partial charge is 0.373 e. The van der Waals surface area contributed by atoms with Crippen LogP contribution in [-0.4, -0.2) is 31.0 Å². The van der Waals surface area contributed by atoms with Crippen molar-refractivity contribution in [2.45, 2.75) is 12.8 Å². The molecule has 1 heterocycles. The first-order chi connectivity index (χ1) is 11.7. The fraction of sp³-hybridized carbons (Fsp3) is 0.263. The van der Waals surface area contributed by atoms with E-state index >= 15 is 0 Å². The first kappa shape index (κ1) is 16.5. The number of para-hydroxylation sites is 2. The molecule has 0 aliphatic carbocycles. The van der Waals surface area contributed by atoms with E-state index in [9.17, 15) is 4.79 Å². The van der Waals surface area contributed by atoms with E-state index in [0.29, 0.717) is 19.4 Å². The van der Waals surface area contributed by atoms with Gasteiger partial charge in [-0.05, 0) is 24.3 Å². The van der Waals surface area contributed by atoms with Crippen LogP contribution < -0.4 is 10.2 Å². The van der Waals surface area contributed by atoms with Crippen molar-refractivity contribution in [1.82, 2.24) is 10.3 Å². The van der Waals surface area contributed by atoms with Gasteiger partial charge in [0.25, 0.3) is 0 Å². The number of nitrogens with one attached hydrogen (secondary N) is 1. The molecule has 0 bridgehead atoms. The molecule has 3 aromatic rings. The Kier molecular flexibility index (Phi) is 5.43. The number of likely N-dealkylation sites (N-methyl/N-ethyl adjacent to an activating group) is 1. The summed E-state index contributed by atoms with van der Waals surface area (Å²) in [6.07, 6.45) is 1.18. The second-order valence-electron chi connectivity index (χ2n) is 5.68. The lowest BCUT2D eigenvalue weighted by atomic mass is 10.3. The Labute approximate surface area is 146 Å². The molecule has 2 aromatic carbocycles. The van der Waals surface area contributed by atoms with Crippen LogP contribution in [0.15, 0.2) is 54.6 Å². The highest BCUT2D eigenvalue weighted by Gasteiger charge is 2.07. The van der Waals surface area contributed by atoms with Crippen LogP contribution in [0.1, 0.15) is 11.4 Å². The molecule has 1 amide bonds. The van der Waals surface area contributed by atoms with Crippen LogP contribution in [-0.2, 0) is 11.2 Å². The zero-order chi connectivity index (χ0) is 16.8. The van der Waals surface area contributed by atoms with Gasteiger partial charge in [0.05, 0.1) is 15.2 Å². The van der Waals surface area contributed by atoms with E-state index in [1.54, 1.807) is 11.3 Å². The maximum absolute atomic E-state index is 12.0. The van der Waals surface area contributed by atoms with Gasteiger partial charge in [-0.25, -0.2) is 4.98 Å². The lowest BCUT2D eigenvalue weighted by Gasteiger charge is -2.19. The molecule has 4 nitrogen and oxygen atoms in total. The van der Waals surface area contributed by atoms with Gasteiger partial charge < -0.3 is 10.2 Å². The molecule has 24 heavy (non-hydrogen) atoms. The number of nitrogens with zero attached hydrogens (tertiary/aromatic N) is 2. The van der Waals surface area contributed by atoms with Crippen LogP contribution in [0.25, 0.3) is 10.2 Å². The minimum Gasteiger partial charge on any atom is -0.373 e. The molecule has 0 aliphatic heterocycles. The maximum Gasteiger partial charge on any atom is 0.220 e. The summed E-state index contributed by atoms with van der Waals surface area (Å²) in [7, 11) is 2.03. The van der Waals surface area contributed by atoms with Crippen LogP contribution in [0.3, 0.4) is 0 Å². The summed E-state index contributed by atoms with van der Waals surface area (Å²) in [6.45, 7) is 1.43. The SMILES string of the molecule is CN(CCNC(=O)CCc1nc2ccccc2s1)c1ccccc1. The smallest absolute Gasteiger partial charge is 0.220 e. The minimum absolute atomic E-state index is 0.0794. The number of amides is 1. The molecule has 1 N–H and O–H groups in total. The molecule has 0 fully saturated rings.